The predicted octanol–water partition coefficient (Wildman–Crippen LogP) is 1.99. The first-order chi connectivity index (χ1) is 9.28. The lowest BCUT2D eigenvalue weighted by Crippen LogP contribution is -2.39. The van der Waals surface area contributed by atoms with E-state index in [1.54, 1.807) is 7.05 Å². The molecule has 5 nitrogen and oxygen atoms in total. The van der Waals surface area contributed by atoms with E-state index in [4.69, 9.17) is 0 Å². The smallest absolute Gasteiger partial charge is 0.318 e. The fourth-order valence-electron chi connectivity index (χ4n) is 2.20. The van der Waals surface area contributed by atoms with Crippen molar-refractivity contribution in [2.24, 2.45) is 0 Å². The average molecular weight is 262 g/mol. The highest BCUT2D eigenvalue weighted by Crippen LogP contribution is 2.14. The molecular formula is C14H22N4O. The molecule has 104 valence electrons. The molecule has 2 amide bonds. The number of urea groups is 1. The molecule has 0 radical (unpaired) electrons. The highest BCUT2D eigenvalue weighted by atomic mass is 16.2. The van der Waals surface area contributed by atoms with E-state index in [1.165, 1.54) is 19.3 Å². The summed E-state index contributed by atoms with van der Waals surface area (Å²) in [7, 11) is 1.60. The Bertz CT molecular complexity index is 398. The van der Waals surface area contributed by atoms with Crippen molar-refractivity contribution in [2.75, 3.05) is 30.8 Å². The lowest BCUT2D eigenvalue weighted by molar-refractivity contribution is 0.254. The van der Waals surface area contributed by atoms with Crippen LogP contribution >= 0.6 is 0 Å². The van der Waals surface area contributed by atoms with Crippen LogP contribution in [0.5, 0.6) is 0 Å². The monoisotopic (exact) mass is 262 g/mol. The average Bonchev–Trinajstić information content (AvgIpc) is 2.47. The second-order valence-corrected chi connectivity index (χ2v) is 4.81. The standard InChI is InChI=1S/C14H22N4O/c1-15-14(19)18-12-7-5-11(6-8-12)17-10-13-4-2-3-9-16-13/h5-8,13,16-17H,2-4,9-10H2,1H3,(H2,15,18,19). The SMILES string of the molecule is CNC(=O)Nc1ccc(NCC2CCCCN2)cc1. The first-order valence-electron chi connectivity index (χ1n) is 6.84. The minimum atomic E-state index is -0.202. The summed E-state index contributed by atoms with van der Waals surface area (Å²) in [4.78, 5) is 11.2. The molecule has 0 saturated carbocycles. The fourth-order valence-corrected chi connectivity index (χ4v) is 2.20. The van der Waals surface area contributed by atoms with Crippen LogP contribution in [0.4, 0.5) is 16.2 Å². The Kier molecular flexibility index (Phi) is 5.03. The number of anilines is 2. The number of nitrogens with one attached hydrogen (secondary N) is 4. The van der Waals surface area contributed by atoms with Gasteiger partial charge in [-0.15, -0.1) is 0 Å². The third-order valence-electron chi connectivity index (χ3n) is 3.33. The van der Waals surface area contributed by atoms with Gasteiger partial charge in [0, 0.05) is 31.0 Å². The van der Waals surface area contributed by atoms with E-state index < -0.39 is 0 Å². The number of benzene rings is 1. The molecule has 0 aliphatic carbocycles. The largest absolute Gasteiger partial charge is 0.383 e. The topological polar surface area (TPSA) is 65.2 Å². The maximum absolute atomic E-state index is 11.2. The van der Waals surface area contributed by atoms with Crippen LogP contribution in [-0.4, -0.2) is 32.2 Å². The second-order valence-electron chi connectivity index (χ2n) is 4.81. The first-order valence-corrected chi connectivity index (χ1v) is 6.84. The molecule has 1 fully saturated rings. The molecule has 19 heavy (non-hydrogen) atoms. The van der Waals surface area contributed by atoms with Gasteiger partial charge in [0.2, 0.25) is 0 Å². The van der Waals surface area contributed by atoms with Crippen molar-refractivity contribution < 1.29 is 4.79 Å². The van der Waals surface area contributed by atoms with E-state index in [0.29, 0.717) is 6.04 Å². The van der Waals surface area contributed by atoms with Gasteiger partial charge in [-0.1, -0.05) is 6.42 Å². The van der Waals surface area contributed by atoms with Crippen LogP contribution in [0.3, 0.4) is 0 Å². The van der Waals surface area contributed by atoms with Crippen molar-refractivity contribution in [1.29, 1.82) is 0 Å². The number of hydrogen-bond acceptors (Lipinski definition) is 3. The molecule has 1 aromatic rings. The molecule has 0 spiro atoms. The van der Waals surface area contributed by atoms with Gasteiger partial charge in [-0.25, -0.2) is 4.79 Å². The Morgan fingerprint density at radius 1 is 1.26 bits per heavy atom. The summed E-state index contributed by atoms with van der Waals surface area (Å²) >= 11 is 0. The predicted molar refractivity (Wildman–Crippen MR) is 78.7 cm³/mol. The van der Waals surface area contributed by atoms with Crippen LogP contribution in [0.2, 0.25) is 0 Å². The summed E-state index contributed by atoms with van der Waals surface area (Å²) in [6.45, 7) is 2.07. The number of amides is 2. The summed E-state index contributed by atoms with van der Waals surface area (Å²) < 4.78 is 0. The summed E-state index contributed by atoms with van der Waals surface area (Å²) in [5.74, 6) is 0. The van der Waals surface area contributed by atoms with Crippen LogP contribution in [0.1, 0.15) is 19.3 Å². The third kappa shape index (κ3) is 4.44. The number of hydrogen-bond donors (Lipinski definition) is 4. The van der Waals surface area contributed by atoms with Gasteiger partial charge in [0.25, 0.3) is 0 Å². The zero-order valence-electron chi connectivity index (χ0n) is 11.3. The molecule has 0 bridgehead atoms. The van der Waals surface area contributed by atoms with E-state index >= 15 is 0 Å². The fraction of sp³-hybridized carbons (Fsp3) is 0.500. The van der Waals surface area contributed by atoms with Crippen LogP contribution in [0.25, 0.3) is 0 Å². The minimum Gasteiger partial charge on any atom is -0.383 e. The van der Waals surface area contributed by atoms with Crippen molar-refractivity contribution in [3.8, 4) is 0 Å². The maximum Gasteiger partial charge on any atom is 0.318 e. The van der Waals surface area contributed by atoms with E-state index in [0.717, 1.165) is 24.5 Å². The van der Waals surface area contributed by atoms with Crippen molar-refractivity contribution in [2.45, 2.75) is 25.3 Å². The summed E-state index contributed by atoms with van der Waals surface area (Å²) in [6.07, 6.45) is 3.84. The summed E-state index contributed by atoms with van der Waals surface area (Å²) in [5, 5.41) is 12.2. The second kappa shape index (κ2) is 6.99. The van der Waals surface area contributed by atoms with Crippen LogP contribution in [-0.2, 0) is 0 Å². The molecule has 1 heterocycles. The molecule has 0 aromatic heterocycles. The maximum atomic E-state index is 11.2. The first kappa shape index (κ1) is 13.7. The highest BCUT2D eigenvalue weighted by Gasteiger charge is 2.11. The van der Waals surface area contributed by atoms with Gasteiger partial charge in [0.1, 0.15) is 0 Å². The van der Waals surface area contributed by atoms with Crippen molar-refractivity contribution in [1.82, 2.24) is 10.6 Å². The number of carbonyl (C=O) groups is 1. The Hall–Kier alpha value is -1.75. The van der Waals surface area contributed by atoms with E-state index in [2.05, 4.69) is 21.3 Å². The van der Waals surface area contributed by atoms with Gasteiger partial charge in [-0.05, 0) is 43.7 Å². The molecule has 4 N–H and O–H groups in total. The molecule has 1 atom stereocenters. The molecular weight excluding hydrogens is 240 g/mol. The van der Waals surface area contributed by atoms with Gasteiger partial charge in [0.05, 0.1) is 0 Å². The third-order valence-corrected chi connectivity index (χ3v) is 3.33. The van der Waals surface area contributed by atoms with Gasteiger partial charge in [-0.3, -0.25) is 0 Å². The molecule has 2 rings (SSSR count). The quantitative estimate of drug-likeness (QED) is 0.671. The normalized spacial score (nSPS) is 18.7. The van der Waals surface area contributed by atoms with Gasteiger partial charge in [-0.2, -0.15) is 0 Å². The molecule has 1 aromatic carbocycles. The lowest BCUT2D eigenvalue weighted by atomic mass is 10.1. The van der Waals surface area contributed by atoms with Crippen molar-refractivity contribution in [3.05, 3.63) is 24.3 Å². The Morgan fingerprint density at radius 2 is 2.00 bits per heavy atom. The van der Waals surface area contributed by atoms with E-state index in [9.17, 15) is 4.79 Å². The molecule has 1 aliphatic heterocycles. The lowest BCUT2D eigenvalue weighted by Gasteiger charge is -2.24. The minimum absolute atomic E-state index is 0.202. The van der Waals surface area contributed by atoms with Crippen LogP contribution < -0.4 is 21.3 Å². The Balaban J connectivity index is 1.79. The van der Waals surface area contributed by atoms with Crippen molar-refractivity contribution in [3.63, 3.8) is 0 Å². The Morgan fingerprint density at radius 3 is 2.63 bits per heavy atom. The van der Waals surface area contributed by atoms with E-state index in [-0.39, 0.29) is 6.03 Å². The molecule has 1 saturated heterocycles. The van der Waals surface area contributed by atoms with Crippen molar-refractivity contribution >= 4 is 17.4 Å². The number of piperidine rings is 1. The number of carbonyl (C=O) groups excluding carboxylic acids is 1. The highest BCUT2D eigenvalue weighted by molar-refractivity contribution is 5.89. The molecule has 1 unspecified atom stereocenters. The van der Waals surface area contributed by atoms with Gasteiger partial charge >= 0.3 is 6.03 Å². The Labute approximate surface area is 114 Å². The van der Waals surface area contributed by atoms with Crippen LogP contribution in [0, 0.1) is 0 Å². The molecule has 5 heteroatoms. The number of rotatable bonds is 4. The van der Waals surface area contributed by atoms with Gasteiger partial charge < -0.3 is 21.3 Å². The van der Waals surface area contributed by atoms with Crippen LogP contribution in [0.15, 0.2) is 24.3 Å². The van der Waals surface area contributed by atoms with E-state index in [1.807, 2.05) is 24.3 Å². The zero-order chi connectivity index (χ0) is 13.5. The zero-order valence-corrected chi connectivity index (χ0v) is 11.3. The summed E-state index contributed by atoms with van der Waals surface area (Å²) in [6, 6.07) is 8.12. The molecule has 1 aliphatic rings. The summed E-state index contributed by atoms with van der Waals surface area (Å²) in [5.41, 5.74) is 1.87. The van der Waals surface area contributed by atoms with Gasteiger partial charge in [0.15, 0.2) is 0 Å².